The van der Waals surface area contributed by atoms with Gasteiger partial charge in [0.1, 0.15) is 5.70 Å². The lowest BCUT2D eigenvalue weighted by Crippen LogP contribution is -2.09. The molecule has 0 aromatic heterocycles. The molecular formula is C7H11NO4. The molecule has 0 aliphatic heterocycles. The summed E-state index contributed by atoms with van der Waals surface area (Å²) in [7, 11) is 0. The molecule has 0 aromatic carbocycles. The summed E-state index contributed by atoms with van der Waals surface area (Å²) in [6.07, 6.45) is 2.13. The lowest BCUT2D eigenvalue weighted by atomic mass is 10.2. The molecule has 12 heavy (non-hydrogen) atoms. The zero-order chi connectivity index (χ0) is 9.56. The van der Waals surface area contributed by atoms with Crippen molar-refractivity contribution in [2.75, 3.05) is 0 Å². The summed E-state index contributed by atoms with van der Waals surface area (Å²) in [6.45, 7) is 0. The molecule has 4 N–H and O–H groups in total. The molecule has 0 atom stereocenters. The Balaban J connectivity index is 3.60. The average molecular weight is 173 g/mol. The lowest BCUT2D eigenvalue weighted by molar-refractivity contribution is -0.137. The first kappa shape index (κ1) is 10.5. The molecular weight excluding hydrogens is 162 g/mol. The van der Waals surface area contributed by atoms with E-state index in [0.717, 1.165) is 0 Å². The summed E-state index contributed by atoms with van der Waals surface area (Å²) in [5.74, 6) is -2.07. The molecule has 0 amide bonds. The monoisotopic (exact) mass is 173 g/mol. The maximum atomic E-state index is 10.1. The van der Waals surface area contributed by atoms with Gasteiger partial charge in [0.2, 0.25) is 0 Å². The maximum Gasteiger partial charge on any atom is 0.351 e. The second-order valence-corrected chi connectivity index (χ2v) is 2.25. The van der Waals surface area contributed by atoms with Crippen molar-refractivity contribution in [3.05, 3.63) is 11.8 Å². The van der Waals surface area contributed by atoms with E-state index in [0.29, 0.717) is 12.8 Å². The third kappa shape index (κ3) is 5.28. The van der Waals surface area contributed by atoms with Gasteiger partial charge in [0.15, 0.2) is 0 Å². The van der Waals surface area contributed by atoms with Crippen LogP contribution in [0.25, 0.3) is 0 Å². The molecule has 0 aliphatic rings. The van der Waals surface area contributed by atoms with Crippen molar-refractivity contribution in [1.82, 2.24) is 0 Å². The van der Waals surface area contributed by atoms with Crippen LogP contribution in [0, 0.1) is 0 Å². The summed E-state index contributed by atoms with van der Waals surface area (Å²) in [5.41, 5.74) is 4.81. The van der Waals surface area contributed by atoms with Gasteiger partial charge in [-0.1, -0.05) is 6.08 Å². The van der Waals surface area contributed by atoms with E-state index in [1.807, 2.05) is 0 Å². The molecule has 5 heteroatoms. The Kier molecular flexibility index (Phi) is 4.52. The molecule has 0 aromatic rings. The summed E-state index contributed by atoms with van der Waals surface area (Å²) < 4.78 is 0. The van der Waals surface area contributed by atoms with Crippen LogP contribution in [-0.2, 0) is 9.59 Å². The minimum absolute atomic E-state index is 0.0311. The van der Waals surface area contributed by atoms with Crippen molar-refractivity contribution in [1.29, 1.82) is 0 Å². The van der Waals surface area contributed by atoms with Crippen LogP contribution in [0.15, 0.2) is 11.8 Å². The van der Waals surface area contributed by atoms with E-state index < -0.39 is 11.9 Å². The number of hydrogen-bond acceptors (Lipinski definition) is 3. The van der Waals surface area contributed by atoms with Gasteiger partial charge in [-0.25, -0.2) is 4.79 Å². The van der Waals surface area contributed by atoms with Gasteiger partial charge >= 0.3 is 11.9 Å². The molecule has 0 heterocycles. The predicted octanol–water partition coefficient (Wildman–Crippen LogP) is 0.168. The minimum Gasteiger partial charge on any atom is -0.481 e. The van der Waals surface area contributed by atoms with E-state index in [1.165, 1.54) is 6.08 Å². The molecule has 0 spiro atoms. The van der Waals surface area contributed by atoms with Gasteiger partial charge in [-0.2, -0.15) is 0 Å². The van der Waals surface area contributed by atoms with E-state index in [-0.39, 0.29) is 12.1 Å². The second-order valence-electron chi connectivity index (χ2n) is 2.25. The first-order valence-corrected chi connectivity index (χ1v) is 3.44. The van der Waals surface area contributed by atoms with Crippen LogP contribution in [0.3, 0.4) is 0 Å². The Morgan fingerprint density at radius 2 is 1.92 bits per heavy atom. The van der Waals surface area contributed by atoms with E-state index in [1.54, 1.807) is 0 Å². The number of carboxylic acid groups (broad SMARTS) is 2. The van der Waals surface area contributed by atoms with Crippen molar-refractivity contribution in [2.24, 2.45) is 5.73 Å². The first-order valence-electron chi connectivity index (χ1n) is 3.44. The van der Waals surface area contributed by atoms with Crippen LogP contribution in [0.2, 0.25) is 0 Å². The number of carbonyl (C=O) groups is 2. The number of carboxylic acids is 2. The highest BCUT2D eigenvalue weighted by Crippen LogP contribution is 1.98. The van der Waals surface area contributed by atoms with Crippen LogP contribution in [0.5, 0.6) is 0 Å². The van der Waals surface area contributed by atoms with Crippen molar-refractivity contribution in [3.63, 3.8) is 0 Å². The normalized spacial score (nSPS) is 11.2. The molecule has 0 saturated heterocycles. The summed E-state index contributed by atoms with van der Waals surface area (Å²) >= 11 is 0. The van der Waals surface area contributed by atoms with Crippen molar-refractivity contribution in [2.45, 2.75) is 19.3 Å². The fourth-order valence-electron chi connectivity index (χ4n) is 0.598. The topological polar surface area (TPSA) is 101 Å². The number of allylic oxidation sites excluding steroid dienone is 1. The predicted molar refractivity (Wildman–Crippen MR) is 41.4 cm³/mol. The number of unbranched alkanes of at least 4 members (excludes halogenated alkanes) is 1. The molecule has 0 saturated carbocycles. The van der Waals surface area contributed by atoms with Gasteiger partial charge in [0, 0.05) is 6.42 Å². The number of nitrogens with two attached hydrogens (primary N) is 1. The van der Waals surface area contributed by atoms with E-state index in [2.05, 4.69) is 0 Å². The highest BCUT2D eigenvalue weighted by Gasteiger charge is 1.99. The minimum atomic E-state index is -1.18. The molecule has 0 fully saturated rings. The van der Waals surface area contributed by atoms with Crippen LogP contribution in [-0.4, -0.2) is 22.2 Å². The van der Waals surface area contributed by atoms with Crippen LogP contribution >= 0.6 is 0 Å². The average Bonchev–Trinajstić information content (AvgIpc) is 1.97. The van der Waals surface area contributed by atoms with Gasteiger partial charge in [-0.05, 0) is 12.8 Å². The Hall–Kier alpha value is -1.52. The van der Waals surface area contributed by atoms with Gasteiger partial charge < -0.3 is 15.9 Å². The summed E-state index contributed by atoms with van der Waals surface area (Å²) in [4.78, 5) is 20.1. The molecule has 0 rings (SSSR count). The molecule has 5 nitrogen and oxygen atoms in total. The van der Waals surface area contributed by atoms with Crippen LogP contribution < -0.4 is 5.73 Å². The van der Waals surface area contributed by atoms with Gasteiger partial charge in [0.25, 0.3) is 0 Å². The van der Waals surface area contributed by atoms with Crippen LogP contribution in [0.1, 0.15) is 19.3 Å². The third-order valence-electron chi connectivity index (χ3n) is 1.21. The van der Waals surface area contributed by atoms with Gasteiger partial charge in [0.05, 0.1) is 0 Å². The number of hydrogen-bond donors (Lipinski definition) is 3. The van der Waals surface area contributed by atoms with E-state index >= 15 is 0 Å². The Morgan fingerprint density at radius 3 is 2.33 bits per heavy atom. The maximum absolute atomic E-state index is 10.1. The molecule has 0 aliphatic carbocycles. The van der Waals surface area contributed by atoms with Crippen molar-refractivity contribution < 1.29 is 19.8 Å². The zero-order valence-electron chi connectivity index (χ0n) is 6.49. The smallest absolute Gasteiger partial charge is 0.351 e. The van der Waals surface area contributed by atoms with Crippen LogP contribution in [0.4, 0.5) is 0 Å². The second kappa shape index (κ2) is 5.17. The zero-order valence-corrected chi connectivity index (χ0v) is 6.49. The SMILES string of the molecule is N/C(=C\CCCC(=O)O)C(=O)O. The number of aliphatic carboxylic acids is 2. The molecule has 0 unspecified atom stereocenters. The quantitative estimate of drug-likeness (QED) is 0.406. The highest BCUT2D eigenvalue weighted by molar-refractivity contribution is 5.85. The van der Waals surface area contributed by atoms with Crippen molar-refractivity contribution >= 4 is 11.9 Å². The fourth-order valence-corrected chi connectivity index (χ4v) is 0.598. The fraction of sp³-hybridized carbons (Fsp3) is 0.429. The summed E-state index contributed by atoms with van der Waals surface area (Å²) in [6, 6.07) is 0. The largest absolute Gasteiger partial charge is 0.481 e. The number of rotatable bonds is 5. The Labute approximate surface area is 69.5 Å². The van der Waals surface area contributed by atoms with Crippen molar-refractivity contribution in [3.8, 4) is 0 Å². The van der Waals surface area contributed by atoms with Gasteiger partial charge in [-0.15, -0.1) is 0 Å². The van der Waals surface area contributed by atoms with E-state index in [4.69, 9.17) is 15.9 Å². The molecule has 0 bridgehead atoms. The Morgan fingerprint density at radius 1 is 1.33 bits per heavy atom. The highest BCUT2D eigenvalue weighted by atomic mass is 16.4. The lowest BCUT2D eigenvalue weighted by Gasteiger charge is -1.93. The Bertz CT molecular complexity index is 209. The van der Waals surface area contributed by atoms with Gasteiger partial charge in [-0.3, -0.25) is 4.79 Å². The van der Waals surface area contributed by atoms with E-state index in [9.17, 15) is 9.59 Å². The first-order chi connectivity index (χ1) is 5.54. The molecule has 68 valence electrons. The standard InChI is InChI=1S/C7H11NO4/c8-5(7(11)12)3-1-2-4-6(9)10/h3H,1-2,4,8H2,(H,9,10)(H,11,12)/b5-3-. The summed E-state index contributed by atoms with van der Waals surface area (Å²) in [5, 5.41) is 16.5. The third-order valence-corrected chi connectivity index (χ3v) is 1.21. The molecule has 0 radical (unpaired) electrons.